The second-order valence-corrected chi connectivity index (χ2v) is 5.65. The van der Waals surface area contributed by atoms with Crippen molar-refractivity contribution >= 4 is 28.9 Å². The summed E-state index contributed by atoms with van der Waals surface area (Å²) in [6.07, 6.45) is 0.959. The summed E-state index contributed by atoms with van der Waals surface area (Å²) in [5.74, 6) is 1.16. The monoisotopic (exact) mass is 358 g/mol. The van der Waals surface area contributed by atoms with Crippen molar-refractivity contribution in [2.45, 2.75) is 20.3 Å². The van der Waals surface area contributed by atoms with Crippen LogP contribution in [0.2, 0.25) is 0 Å². The molecular weight excluding hydrogens is 336 g/mol. The number of ether oxygens (including phenoxy) is 2. The minimum absolute atomic E-state index is 0.231. The van der Waals surface area contributed by atoms with E-state index in [9.17, 15) is 4.79 Å². The highest BCUT2D eigenvalue weighted by molar-refractivity contribution is 7.80. The molecule has 0 spiro atoms. The third-order valence-electron chi connectivity index (χ3n) is 3.22. The summed E-state index contributed by atoms with van der Waals surface area (Å²) in [6.45, 7) is 5.18. The van der Waals surface area contributed by atoms with Crippen LogP contribution in [0.4, 0.5) is 5.69 Å². The van der Waals surface area contributed by atoms with Crippen molar-refractivity contribution in [1.29, 1.82) is 0 Å². The maximum Gasteiger partial charge on any atom is 0.257 e. The molecule has 1 amide bonds. The van der Waals surface area contributed by atoms with Gasteiger partial charge in [0, 0.05) is 11.3 Å². The van der Waals surface area contributed by atoms with E-state index in [1.165, 1.54) is 0 Å². The van der Waals surface area contributed by atoms with Crippen molar-refractivity contribution in [3.63, 3.8) is 0 Å². The average Bonchev–Trinajstić information content (AvgIpc) is 2.61. The maximum atomic E-state index is 12.3. The summed E-state index contributed by atoms with van der Waals surface area (Å²) < 4.78 is 10.9. The third-order valence-corrected chi connectivity index (χ3v) is 3.42. The summed E-state index contributed by atoms with van der Waals surface area (Å²) in [6, 6.07) is 14.4. The normalized spacial score (nSPS) is 10.0. The predicted octanol–water partition coefficient (Wildman–Crippen LogP) is 4.00. The van der Waals surface area contributed by atoms with E-state index in [2.05, 4.69) is 17.6 Å². The highest BCUT2D eigenvalue weighted by Gasteiger charge is 2.09. The van der Waals surface area contributed by atoms with Gasteiger partial charge in [-0.1, -0.05) is 13.0 Å². The van der Waals surface area contributed by atoms with E-state index in [0.29, 0.717) is 24.5 Å². The third kappa shape index (κ3) is 6.08. The first-order valence-corrected chi connectivity index (χ1v) is 8.61. The average molecular weight is 358 g/mol. The molecule has 25 heavy (non-hydrogen) atoms. The van der Waals surface area contributed by atoms with Crippen LogP contribution in [0.3, 0.4) is 0 Å². The number of carbonyl (C=O) groups is 1. The van der Waals surface area contributed by atoms with Gasteiger partial charge in [-0.2, -0.15) is 0 Å². The number of hydrogen-bond donors (Lipinski definition) is 2. The van der Waals surface area contributed by atoms with Gasteiger partial charge in [0.2, 0.25) is 0 Å². The fraction of sp³-hybridized carbons (Fsp3) is 0.263. The van der Waals surface area contributed by atoms with E-state index in [-0.39, 0.29) is 11.0 Å². The Bertz CT molecular complexity index is 717. The minimum atomic E-state index is -0.290. The van der Waals surface area contributed by atoms with Crippen LogP contribution in [0, 0.1) is 0 Å². The Kier molecular flexibility index (Phi) is 7.22. The molecule has 5 nitrogen and oxygen atoms in total. The zero-order chi connectivity index (χ0) is 18.1. The number of hydrogen-bond acceptors (Lipinski definition) is 4. The Morgan fingerprint density at radius 1 is 1.04 bits per heavy atom. The van der Waals surface area contributed by atoms with Crippen molar-refractivity contribution in [2.24, 2.45) is 0 Å². The van der Waals surface area contributed by atoms with E-state index in [1.54, 1.807) is 24.3 Å². The summed E-state index contributed by atoms with van der Waals surface area (Å²) in [7, 11) is 0. The van der Waals surface area contributed by atoms with Gasteiger partial charge in [-0.05, 0) is 68.0 Å². The molecular formula is C19H22N2O3S. The second-order valence-electron chi connectivity index (χ2n) is 5.24. The molecule has 2 N–H and O–H groups in total. The van der Waals surface area contributed by atoms with E-state index in [1.807, 2.05) is 31.2 Å². The molecule has 0 aliphatic rings. The second kappa shape index (κ2) is 9.64. The van der Waals surface area contributed by atoms with Crippen LogP contribution < -0.4 is 20.1 Å². The molecule has 0 radical (unpaired) electrons. The lowest BCUT2D eigenvalue weighted by Crippen LogP contribution is -2.34. The molecule has 0 fully saturated rings. The Balaban J connectivity index is 1.91. The molecule has 0 aliphatic carbocycles. The van der Waals surface area contributed by atoms with E-state index >= 15 is 0 Å². The highest BCUT2D eigenvalue weighted by Crippen LogP contribution is 2.16. The topological polar surface area (TPSA) is 59.6 Å². The van der Waals surface area contributed by atoms with Crippen LogP contribution in [-0.2, 0) is 0 Å². The molecule has 132 valence electrons. The highest BCUT2D eigenvalue weighted by atomic mass is 32.1. The largest absolute Gasteiger partial charge is 0.494 e. The Hall–Kier alpha value is -2.60. The zero-order valence-corrected chi connectivity index (χ0v) is 15.2. The van der Waals surface area contributed by atoms with Gasteiger partial charge < -0.3 is 14.8 Å². The first kappa shape index (κ1) is 18.7. The van der Waals surface area contributed by atoms with Crippen LogP contribution in [0.15, 0.2) is 48.5 Å². The van der Waals surface area contributed by atoms with Gasteiger partial charge in [-0.15, -0.1) is 0 Å². The van der Waals surface area contributed by atoms with E-state index < -0.39 is 0 Å². The van der Waals surface area contributed by atoms with Crippen molar-refractivity contribution in [1.82, 2.24) is 5.32 Å². The molecule has 0 aromatic heterocycles. The number of thiocarbonyl (C=S) groups is 1. The van der Waals surface area contributed by atoms with Crippen LogP contribution >= 0.6 is 12.2 Å². The number of anilines is 1. The molecule has 0 saturated heterocycles. The standard InChI is InChI=1S/C19H22N2O3S/c1-3-12-24-16-10-8-15(9-11-16)20-19(25)21-18(22)14-6-5-7-17(13-14)23-4-2/h5-11,13H,3-4,12H2,1-2H3,(H2,20,21,22,25). The zero-order valence-electron chi connectivity index (χ0n) is 14.4. The lowest BCUT2D eigenvalue weighted by atomic mass is 10.2. The summed E-state index contributed by atoms with van der Waals surface area (Å²) in [4.78, 5) is 12.3. The molecule has 6 heteroatoms. The minimum Gasteiger partial charge on any atom is -0.494 e. The lowest BCUT2D eigenvalue weighted by molar-refractivity contribution is 0.0977. The fourth-order valence-electron chi connectivity index (χ4n) is 2.09. The van der Waals surface area contributed by atoms with Gasteiger partial charge in [0.15, 0.2) is 5.11 Å². The molecule has 2 aromatic carbocycles. The number of carbonyl (C=O) groups excluding carboxylic acids is 1. The van der Waals surface area contributed by atoms with Crippen LogP contribution in [0.5, 0.6) is 11.5 Å². The number of benzene rings is 2. The van der Waals surface area contributed by atoms with Crippen LogP contribution in [-0.4, -0.2) is 24.2 Å². The Morgan fingerprint density at radius 2 is 1.80 bits per heavy atom. The van der Waals surface area contributed by atoms with Crippen LogP contribution in [0.1, 0.15) is 30.6 Å². The molecule has 2 rings (SSSR count). The Labute approximate surface area is 153 Å². The smallest absolute Gasteiger partial charge is 0.257 e. The van der Waals surface area contributed by atoms with Gasteiger partial charge >= 0.3 is 0 Å². The molecule has 0 atom stereocenters. The molecule has 0 unspecified atom stereocenters. The SMILES string of the molecule is CCCOc1ccc(NC(=S)NC(=O)c2cccc(OCC)c2)cc1. The molecule has 2 aromatic rings. The number of rotatable bonds is 7. The van der Waals surface area contributed by atoms with Crippen LogP contribution in [0.25, 0.3) is 0 Å². The quantitative estimate of drug-likeness (QED) is 0.733. The summed E-state index contributed by atoms with van der Waals surface area (Å²) in [5.41, 5.74) is 1.26. The molecule has 0 aliphatic heterocycles. The summed E-state index contributed by atoms with van der Waals surface area (Å²) >= 11 is 5.19. The first-order chi connectivity index (χ1) is 12.1. The lowest BCUT2D eigenvalue weighted by Gasteiger charge is -2.11. The molecule has 0 bridgehead atoms. The van der Waals surface area contributed by atoms with E-state index in [4.69, 9.17) is 21.7 Å². The number of nitrogens with one attached hydrogen (secondary N) is 2. The maximum absolute atomic E-state index is 12.3. The van der Waals surface area contributed by atoms with Gasteiger partial charge in [-0.25, -0.2) is 0 Å². The molecule has 0 heterocycles. The molecule has 0 saturated carbocycles. The van der Waals surface area contributed by atoms with Crippen molar-refractivity contribution in [2.75, 3.05) is 18.5 Å². The fourth-order valence-corrected chi connectivity index (χ4v) is 2.30. The van der Waals surface area contributed by atoms with Gasteiger partial charge in [0.05, 0.1) is 13.2 Å². The van der Waals surface area contributed by atoms with Crippen molar-refractivity contribution in [3.8, 4) is 11.5 Å². The number of amides is 1. The first-order valence-electron chi connectivity index (χ1n) is 8.20. The predicted molar refractivity (Wildman–Crippen MR) is 104 cm³/mol. The van der Waals surface area contributed by atoms with Gasteiger partial charge in [-0.3, -0.25) is 10.1 Å². The Morgan fingerprint density at radius 3 is 2.48 bits per heavy atom. The van der Waals surface area contributed by atoms with E-state index in [0.717, 1.165) is 17.9 Å². The summed E-state index contributed by atoms with van der Waals surface area (Å²) in [5, 5.41) is 5.87. The van der Waals surface area contributed by atoms with Crippen molar-refractivity contribution in [3.05, 3.63) is 54.1 Å². The van der Waals surface area contributed by atoms with Crippen molar-refractivity contribution < 1.29 is 14.3 Å². The van der Waals surface area contributed by atoms with Gasteiger partial charge in [0.25, 0.3) is 5.91 Å². The van der Waals surface area contributed by atoms with Gasteiger partial charge in [0.1, 0.15) is 11.5 Å².